The molecule has 0 aromatic carbocycles. The van der Waals surface area contributed by atoms with Crippen LogP contribution in [0.15, 0.2) is 48.6 Å². The minimum atomic E-state index is -0.777. The lowest BCUT2D eigenvalue weighted by atomic mass is 10.0. The molecule has 72 heavy (non-hydrogen) atoms. The summed E-state index contributed by atoms with van der Waals surface area (Å²) >= 11 is 0. The minimum Gasteiger partial charge on any atom is -0.462 e. The van der Waals surface area contributed by atoms with Gasteiger partial charge in [0.1, 0.15) is 13.2 Å². The third kappa shape index (κ3) is 58.3. The molecule has 0 aromatic rings. The fraction of sp³-hybridized carbons (Fsp3) is 0.833. The van der Waals surface area contributed by atoms with E-state index in [1.807, 2.05) is 0 Å². The van der Waals surface area contributed by atoms with Crippen molar-refractivity contribution in [1.29, 1.82) is 0 Å². The third-order valence-electron chi connectivity index (χ3n) is 14.1. The van der Waals surface area contributed by atoms with Crippen molar-refractivity contribution in [1.82, 2.24) is 0 Å². The highest BCUT2D eigenvalue weighted by molar-refractivity contribution is 5.71. The van der Waals surface area contributed by atoms with E-state index in [4.69, 9.17) is 14.2 Å². The van der Waals surface area contributed by atoms with Gasteiger partial charge in [-0.05, 0) is 83.5 Å². The van der Waals surface area contributed by atoms with Crippen LogP contribution in [-0.2, 0) is 28.6 Å². The van der Waals surface area contributed by atoms with E-state index >= 15 is 0 Å². The molecular formula is C66H120O6. The quantitative estimate of drug-likeness (QED) is 0.0261. The van der Waals surface area contributed by atoms with Crippen LogP contribution in [-0.4, -0.2) is 37.2 Å². The molecule has 0 radical (unpaired) electrons. The smallest absolute Gasteiger partial charge is 0.306 e. The summed E-state index contributed by atoms with van der Waals surface area (Å²) in [6.45, 7) is 6.66. The maximum Gasteiger partial charge on any atom is 0.306 e. The average molecular weight is 1010 g/mol. The van der Waals surface area contributed by atoms with Crippen molar-refractivity contribution >= 4 is 17.9 Å². The van der Waals surface area contributed by atoms with Gasteiger partial charge in [0.05, 0.1) is 0 Å². The van der Waals surface area contributed by atoms with Gasteiger partial charge >= 0.3 is 17.9 Å². The molecule has 0 aliphatic rings. The fourth-order valence-corrected chi connectivity index (χ4v) is 9.27. The van der Waals surface area contributed by atoms with Crippen LogP contribution >= 0.6 is 0 Å². The topological polar surface area (TPSA) is 78.9 Å². The van der Waals surface area contributed by atoms with Crippen molar-refractivity contribution in [3.05, 3.63) is 48.6 Å². The first-order valence-corrected chi connectivity index (χ1v) is 31.6. The Morgan fingerprint density at radius 2 is 0.500 bits per heavy atom. The van der Waals surface area contributed by atoms with E-state index in [0.717, 1.165) is 77.0 Å². The number of carbonyl (C=O) groups is 3. The van der Waals surface area contributed by atoms with Gasteiger partial charge in [0, 0.05) is 19.3 Å². The predicted molar refractivity (Wildman–Crippen MR) is 312 cm³/mol. The zero-order valence-electron chi connectivity index (χ0n) is 48.2. The molecule has 0 aliphatic carbocycles. The molecule has 1 unspecified atom stereocenters. The lowest BCUT2D eigenvalue weighted by Crippen LogP contribution is -2.30. The molecule has 0 rings (SSSR count). The van der Waals surface area contributed by atoms with Crippen LogP contribution in [0.1, 0.15) is 335 Å². The number of hydrogen-bond acceptors (Lipinski definition) is 6. The number of rotatable bonds is 58. The van der Waals surface area contributed by atoms with Crippen LogP contribution in [0.2, 0.25) is 0 Å². The molecule has 0 heterocycles. The highest BCUT2D eigenvalue weighted by atomic mass is 16.6. The summed E-state index contributed by atoms with van der Waals surface area (Å²) in [4.78, 5) is 38.2. The van der Waals surface area contributed by atoms with E-state index in [-0.39, 0.29) is 31.1 Å². The van der Waals surface area contributed by atoms with Crippen LogP contribution in [0.25, 0.3) is 0 Å². The predicted octanol–water partition coefficient (Wildman–Crippen LogP) is 21.4. The molecule has 0 N–H and O–H groups in total. The highest BCUT2D eigenvalue weighted by Crippen LogP contribution is 2.17. The van der Waals surface area contributed by atoms with Crippen LogP contribution in [0, 0.1) is 0 Å². The number of carbonyl (C=O) groups excluding carboxylic acids is 3. The first kappa shape index (κ1) is 69.4. The second kappa shape index (κ2) is 60.9. The molecule has 0 bridgehead atoms. The lowest BCUT2D eigenvalue weighted by Gasteiger charge is -2.18. The molecular weight excluding hydrogens is 889 g/mol. The van der Waals surface area contributed by atoms with Crippen LogP contribution in [0.3, 0.4) is 0 Å². The molecule has 1 atom stereocenters. The van der Waals surface area contributed by atoms with Crippen molar-refractivity contribution in [2.45, 2.75) is 341 Å². The first-order chi connectivity index (χ1) is 35.5. The molecule has 0 aromatic heterocycles. The van der Waals surface area contributed by atoms with Gasteiger partial charge in [-0.15, -0.1) is 0 Å². The SMILES string of the molecule is CCCCCCC/C=C\C/C=C\C/C=C\CCCCCCCCCCCCC(=O)OCC(COC(=O)CCCCCCCCCCCCCCCC)OC(=O)CCCCCCC/C=C\CCCCCCCC. The van der Waals surface area contributed by atoms with Crippen molar-refractivity contribution in [3.8, 4) is 0 Å². The van der Waals surface area contributed by atoms with Crippen molar-refractivity contribution in [2.24, 2.45) is 0 Å². The normalized spacial score (nSPS) is 12.3. The largest absolute Gasteiger partial charge is 0.462 e. The number of ether oxygens (including phenoxy) is 3. The Morgan fingerprint density at radius 1 is 0.278 bits per heavy atom. The monoisotopic (exact) mass is 1010 g/mol. The summed E-state index contributed by atoms with van der Waals surface area (Å²) in [5, 5.41) is 0. The van der Waals surface area contributed by atoms with E-state index < -0.39 is 6.10 Å². The number of esters is 3. The number of allylic oxidation sites excluding steroid dienone is 8. The second-order valence-corrected chi connectivity index (χ2v) is 21.3. The minimum absolute atomic E-state index is 0.0739. The van der Waals surface area contributed by atoms with E-state index in [1.54, 1.807) is 0 Å². The van der Waals surface area contributed by atoms with Gasteiger partial charge in [-0.3, -0.25) is 14.4 Å². The molecule has 420 valence electrons. The van der Waals surface area contributed by atoms with E-state index in [0.29, 0.717) is 19.3 Å². The standard InChI is InChI=1S/C66H120O6/c1-4-7-10-13-16-19-22-25-28-29-30-31-32-33-34-35-36-37-39-41-44-47-50-53-56-59-65(68)71-62-63(61-70-64(67)58-55-52-49-46-43-40-27-24-21-18-15-12-9-6-3)72-66(69)60-57-54-51-48-45-42-38-26-23-20-17-14-11-8-5-2/h22,25-26,29-30,32-33,38,63H,4-21,23-24,27-28,31,34-37,39-62H2,1-3H3/b25-22-,30-29-,33-32-,38-26-. The molecule has 0 aliphatic heterocycles. The summed E-state index contributed by atoms with van der Waals surface area (Å²) in [5.41, 5.74) is 0. The summed E-state index contributed by atoms with van der Waals surface area (Å²) in [5.74, 6) is -0.868. The van der Waals surface area contributed by atoms with Gasteiger partial charge in [0.15, 0.2) is 6.10 Å². The zero-order chi connectivity index (χ0) is 52.2. The zero-order valence-corrected chi connectivity index (χ0v) is 48.2. The first-order valence-electron chi connectivity index (χ1n) is 31.6. The van der Waals surface area contributed by atoms with Crippen LogP contribution in [0.5, 0.6) is 0 Å². The summed E-state index contributed by atoms with van der Waals surface area (Å²) in [6.07, 6.45) is 75.4. The Morgan fingerprint density at radius 3 is 0.792 bits per heavy atom. The maximum atomic E-state index is 12.9. The molecule has 6 heteroatoms. The molecule has 0 saturated heterocycles. The van der Waals surface area contributed by atoms with Crippen LogP contribution in [0.4, 0.5) is 0 Å². The van der Waals surface area contributed by atoms with Gasteiger partial charge in [-0.25, -0.2) is 0 Å². The Kier molecular flexibility index (Phi) is 58.7. The Labute approximate surface area is 448 Å². The van der Waals surface area contributed by atoms with Gasteiger partial charge in [-0.2, -0.15) is 0 Å². The number of unbranched alkanes of at least 4 members (excludes halogenated alkanes) is 39. The van der Waals surface area contributed by atoms with Gasteiger partial charge in [-0.1, -0.05) is 281 Å². The van der Waals surface area contributed by atoms with Gasteiger partial charge in [0.2, 0.25) is 0 Å². The molecule has 6 nitrogen and oxygen atoms in total. The number of hydrogen-bond donors (Lipinski definition) is 0. The molecule has 0 spiro atoms. The van der Waals surface area contributed by atoms with Gasteiger partial charge in [0.25, 0.3) is 0 Å². The summed E-state index contributed by atoms with van der Waals surface area (Å²) in [7, 11) is 0. The average Bonchev–Trinajstić information content (AvgIpc) is 3.38. The van der Waals surface area contributed by atoms with Crippen molar-refractivity contribution in [2.75, 3.05) is 13.2 Å². The second-order valence-electron chi connectivity index (χ2n) is 21.3. The molecule has 0 fully saturated rings. The summed E-state index contributed by atoms with van der Waals surface area (Å²) in [6, 6.07) is 0. The summed E-state index contributed by atoms with van der Waals surface area (Å²) < 4.78 is 16.9. The Hall–Kier alpha value is -2.63. The van der Waals surface area contributed by atoms with E-state index in [2.05, 4.69) is 69.4 Å². The molecule has 0 saturated carbocycles. The Balaban J connectivity index is 4.28. The van der Waals surface area contributed by atoms with Gasteiger partial charge < -0.3 is 14.2 Å². The highest BCUT2D eigenvalue weighted by Gasteiger charge is 2.19. The van der Waals surface area contributed by atoms with E-state index in [1.165, 1.54) is 218 Å². The van der Waals surface area contributed by atoms with E-state index in [9.17, 15) is 14.4 Å². The molecule has 0 amide bonds. The van der Waals surface area contributed by atoms with Crippen molar-refractivity contribution < 1.29 is 28.6 Å². The maximum absolute atomic E-state index is 12.9. The van der Waals surface area contributed by atoms with Crippen LogP contribution < -0.4 is 0 Å². The third-order valence-corrected chi connectivity index (χ3v) is 14.1. The fourth-order valence-electron chi connectivity index (χ4n) is 9.27. The lowest BCUT2D eigenvalue weighted by molar-refractivity contribution is -0.167. The van der Waals surface area contributed by atoms with Crippen molar-refractivity contribution in [3.63, 3.8) is 0 Å². The Bertz CT molecular complexity index is 1250.